The zero-order valence-corrected chi connectivity index (χ0v) is 19.7. The number of hydrogen-bond acceptors (Lipinski definition) is 3. The first-order chi connectivity index (χ1) is 14.2. The topological polar surface area (TPSA) is 36.8 Å². The van der Waals surface area contributed by atoms with Gasteiger partial charge in [0.2, 0.25) is 0 Å². The van der Waals surface area contributed by atoms with Crippen molar-refractivity contribution in [1.82, 2.24) is 5.32 Å². The van der Waals surface area contributed by atoms with Gasteiger partial charge in [0.1, 0.15) is 11.5 Å². The summed E-state index contributed by atoms with van der Waals surface area (Å²) in [6, 6.07) is 17.4. The molecular weight excluding hydrogens is 366 g/mol. The Balaban J connectivity index is 2.19. The number of aliphatic imine (C=N–C) groups is 2. The first-order valence-corrected chi connectivity index (χ1v) is 11.3. The second-order valence-corrected chi connectivity index (χ2v) is 10.0. The van der Waals surface area contributed by atoms with Crippen molar-refractivity contribution >= 4 is 17.2 Å². The van der Waals surface area contributed by atoms with Crippen molar-refractivity contribution in [1.29, 1.82) is 0 Å². The molecule has 3 rings (SSSR count). The first-order valence-electron chi connectivity index (χ1n) is 11.3. The van der Waals surface area contributed by atoms with Crippen LogP contribution in [0.3, 0.4) is 0 Å². The van der Waals surface area contributed by atoms with Crippen LogP contribution in [0, 0.1) is 5.41 Å². The highest BCUT2D eigenvalue weighted by Gasteiger charge is 2.29. The van der Waals surface area contributed by atoms with Crippen LogP contribution in [0.2, 0.25) is 0 Å². The molecule has 0 radical (unpaired) electrons. The van der Waals surface area contributed by atoms with E-state index in [0.717, 1.165) is 35.8 Å². The van der Waals surface area contributed by atoms with E-state index in [1.165, 1.54) is 11.1 Å². The smallest absolute Gasteiger partial charge is 0.148 e. The first kappa shape index (κ1) is 22.3. The molecular formula is C27H37N3. The second kappa shape index (κ2) is 9.16. The number of para-hydroxylation sites is 1. The van der Waals surface area contributed by atoms with Gasteiger partial charge in [-0.05, 0) is 34.8 Å². The highest BCUT2D eigenvalue weighted by Crippen LogP contribution is 2.35. The molecule has 0 unspecified atom stereocenters. The maximum Gasteiger partial charge on any atom is 0.148 e. The molecule has 30 heavy (non-hydrogen) atoms. The molecule has 0 aromatic heterocycles. The minimum atomic E-state index is 0.169. The lowest BCUT2D eigenvalue weighted by Gasteiger charge is -2.35. The zero-order valence-electron chi connectivity index (χ0n) is 19.7. The van der Waals surface area contributed by atoms with Gasteiger partial charge in [0.05, 0.1) is 5.69 Å². The van der Waals surface area contributed by atoms with Gasteiger partial charge in [-0.25, -0.2) is 4.99 Å². The molecule has 0 spiro atoms. The summed E-state index contributed by atoms with van der Waals surface area (Å²) >= 11 is 0. The van der Waals surface area contributed by atoms with Gasteiger partial charge < -0.3 is 5.32 Å². The Hall–Kier alpha value is -2.42. The quantitative estimate of drug-likeness (QED) is 0.544. The lowest BCUT2D eigenvalue weighted by atomic mass is 9.84. The summed E-state index contributed by atoms with van der Waals surface area (Å²) in [7, 11) is 0. The Bertz CT molecular complexity index is 889. The average Bonchev–Trinajstić information content (AvgIpc) is 2.71. The van der Waals surface area contributed by atoms with Crippen molar-refractivity contribution in [2.45, 2.75) is 72.8 Å². The van der Waals surface area contributed by atoms with Gasteiger partial charge in [-0.2, -0.15) is 0 Å². The Morgan fingerprint density at radius 1 is 0.933 bits per heavy atom. The zero-order chi connectivity index (χ0) is 21.9. The summed E-state index contributed by atoms with van der Waals surface area (Å²) in [5.74, 6) is 1.73. The van der Waals surface area contributed by atoms with E-state index in [2.05, 4.69) is 102 Å². The van der Waals surface area contributed by atoms with Crippen LogP contribution >= 0.6 is 0 Å². The van der Waals surface area contributed by atoms with Crippen molar-refractivity contribution in [2.75, 3.05) is 6.54 Å². The van der Waals surface area contributed by atoms with Gasteiger partial charge in [-0.15, -0.1) is 0 Å². The van der Waals surface area contributed by atoms with Crippen molar-refractivity contribution in [3.8, 4) is 0 Å². The summed E-state index contributed by atoms with van der Waals surface area (Å²) in [5.41, 5.74) is 5.90. The minimum Gasteiger partial charge on any atom is -0.365 e. The van der Waals surface area contributed by atoms with E-state index in [9.17, 15) is 0 Å². The fraction of sp³-hybridized carbons (Fsp3) is 0.481. The summed E-state index contributed by atoms with van der Waals surface area (Å²) in [6.45, 7) is 16.7. The van der Waals surface area contributed by atoms with Crippen LogP contribution in [0.5, 0.6) is 0 Å². The number of amidine groups is 1. The fourth-order valence-electron chi connectivity index (χ4n) is 3.98. The third-order valence-electron chi connectivity index (χ3n) is 5.88. The van der Waals surface area contributed by atoms with Crippen LogP contribution in [0.25, 0.3) is 0 Å². The van der Waals surface area contributed by atoms with Gasteiger partial charge in [-0.3, -0.25) is 4.99 Å². The third-order valence-corrected chi connectivity index (χ3v) is 5.88. The van der Waals surface area contributed by atoms with E-state index in [1.54, 1.807) is 0 Å². The van der Waals surface area contributed by atoms with Crippen molar-refractivity contribution in [3.63, 3.8) is 0 Å². The Labute approximate surface area is 182 Å². The predicted molar refractivity (Wildman–Crippen MR) is 131 cm³/mol. The van der Waals surface area contributed by atoms with E-state index in [1.807, 2.05) is 0 Å². The summed E-state index contributed by atoms with van der Waals surface area (Å²) in [5, 5.41) is 3.73. The maximum absolute atomic E-state index is 5.33. The normalized spacial score (nSPS) is 17.8. The molecule has 1 aliphatic rings. The standard InChI is InChI=1S/C27H37N3/c1-18(2)21-14-11-15-22(19(3)4)25(21)30-24(20-12-9-8-10-13-20)26-28-17-16-23(29-26)27(5,6)7/h8-15,18-19,23H,16-17H2,1-7H3,(H,28,29)/t23-/m1/s1. The van der Waals surface area contributed by atoms with E-state index in [0.29, 0.717) is 17.9 Å². The minimum absolute atomic E-state index is 0.169. The molecule has 1 atom stereocenters. The number of benzene rings is 2. The summed E-state index contributed by atoms with van der Waals surface area (Å²) < 4.78 is 0. The van der Waals surface area contributed by atoms with Gasteiger partial charge >= 0.3 is 0 Å². The average molecular weight is 404 g/mol. The molecule has 1 N–H and O–H groups in total. The molecule has 0 fully saturated rings. The highest BCUT2D eigenvalue weighted by atomic mass is 15.1. The van der Waals surface area contributed by atoms with Crippen molar-refractivity contribution < 1.29 is 0 Å². The molecule has 3 heteroatoms. The monoisotopic (exact) mass is 403 g/mol. The molecule has 0 aliphatic carbocycles. The van der Waals surface area contributed by atoms with Crippen LogP contribution in [0.1, 0.15) is 83.4 Å². The molecule has 0 amide bonds. The molecule has 0 saturated heterocycles. The highest BCUT2D eigenvalue weighted by molar-refractivity contribution is 6.48. The summed E-state index contributed by atoms with van der Waals surface area (Å²) in [4.78, 5) is 10.2. The van der Waals surface area contributed by atoms with Crippen LogP contribution in [0.4, 0.5) is 5.69 Å². The number of nitrogens with one attached hydrogen (secondary N) is 1. The molecule has 160 valence electrons. The Kier molecular flexibility index (Phi) is 6.80. The Morgan fingerprint density at radius 2 is 1.53 bits per heavy atom. The van der Waals surface area contributed by atoms with Gasteiger partial charge in [0.25, 0.3) is 0 Å². The molecule has 3 nitrogen and oxygen atoms in total. The lowest BCUT2D eigenvalue weighted by Crippen LogP contribution is -2.49. The van der Waals surface area contributed by atoms with E-state index < -0.39 is 0 Å². The van der Waals surface area contributed by atoms with Crippen LogP contribution in [-0.4, -0.2) is 24.1 Å². The van der Waals surface area contributed by atoms with Crippen LogP contribution in [0.15, 0.2) is 58.5 Å². The molecule has 2 aromatic rings. The Morgan fingerprint density at radius 3 is 2.07 bits per heavy atom. The van der Waals surface area contributed by atoms with Crippen LogP contribution in [-0.2, 0) is 0 Å². The molecule has 1 heterocycles. The van der Waals surface area contributed by atoms with Crippen molar-refractivity contribution in [2.24, 2.45) is 15.4 Å². The number of rotatable bonds is 5. The molecule has 2 aromatic carbocycles. The molecule has 0 saturated carbocycles. The van der Waals surface area contributed by atoms with Crippen molar-refractivity contribution in [3.05, 3.63) is 65.2 Å². The third kappa shape index (κ3) is 5.00. The number of nitrogens with zero attached hydrogens (tertiary/aromatic N) is 2. The fourth-order valence-corrected chi connectivity index (χ4v) is 3.98. The molecule has 0 bridgehead atoms. The maximum atomic E-state index is 5.33. The van der Waals surface area contributed by atoms with E-state index in [-0.39, 0.29) is 5.41 Å². The lowest BCUT2D eigenvalue weighted by molar-refractivity contribution is 0.279. The second-order valence-electron chi connectivity index (χ2n) is 10.0. The summed E-state index contributed by atoms with van der Waals surface area (Å²) in [6.07, 6.45) is 1.05. The molecule has 1 aliphatic heterocycles. The van der Waals surface area contributed by atoms with E-state index >= 15 is 0 Å². The SMILES string of the molecule is CC(C)c1cccc(C(C)C)c1N=C(C1=NCC[C@H](C(C)(C)C)N1)c1ccccc1. The predicted octanol–water partition coefficient (Wildman–Crippen LogP) is 6.86. The van der Waals surface area contributed by atoms with Gasteiger partial charge in [-0.1, -0.05) is 97.0 Å². The van der Waals surface area contributed by atoms with Gasteiger partial charge in [0.15, 0.2) is 0 Å². The number of hydrogen-bond donors (Lipinski definition) is 1. The largest absolute Gasteiger partial charge is 0.365 e. The van der Waals surface area contributed by atoms with Gasteiger partial charge in [0, 0.05) is 18.2 Å². The van der Waals surface area contributed by atoms with E-state index in [4.69, 9.17) is 9.98 Å². The van der Waals surface area contributed by atoms with Crippen LogP contribution < -0.4 is 5.32 Å².